The number of benzene rings is 2. The highest BCUT2D eigenvalue weighted by Crippen LogP contribution is 2.29. The van der Waals surface area contributed by atoms with Gasteiger partial charge in [0.15, 0.2) is 5.49 Å². The molecule has 0 aliphatic heterocycles. The smallest absolute Gasteiger partial charge is 0.236 e. The maximum atomic E-state index is 11.4. The summed E-state index contributed by atoms with van der Waals surface area (Å²) in [5, 5.41) is 17.4. The number of rotatable bonds is 4. The van der Waals surface area contributed by atoms with E-state index in [2.05, 4.69) is 26.7 Å². The Morgan fingerprint density at radius 1 is 1.03 bits per heavy atom. The second-order valence-electron chi connectivity index (χ2n) is 6.86. The van der Waals surface area contributed by atoms with E-state index in [0.29, 0.717) is 16.9 Å². The standard InChI is InChI=1S/C17H14ClN5O.C8H7N/c1-19-22-17-16(13-6-8-20-9-7-13)15(10-21-23(17)11-24)12-2-4-14(18)5-3-12;1-7-2-4-8(6-9)5-3-7/h2-11,19H,1H3;2-5H,1H3/b22-17-;. The molecule has 0 saturated heterocycles. The number of pyridine rings is 1. The molecule has 33 heavy (non-hydrogen) atoms. The van der Waals surface area contributed by atoms with E-state index >= 15 is 0 Å². The molecular weight excluding hydrogens is 436 g/mol. The number of hydrogen-bond donors (Lipinski definition) is 1. The molecule has 0 amide bonds. The van der Waals surface area contributed by atoms with Gasteiger partial charge in [0.2, 0.25) is 6.41 Å². The topological polar surface area (TPSA) is 96.0 Å². The van der Waals surface area contributed by atoms with Crippen LogP contribution in [0.15, 0.2) is 84.4 Å². The Morgan fingerprint density at radius 2 is 1.70 bits per heavy atom. The molecule has 0 saturated carbocycles. The second kappa shape index (κ2) is 11.4. The van der Waals surface area contributed by atoms with Crippen molar-refractivity contribution in [3.63, 3.8) is 0 Å². The fraction of sp³-hybridized carbons (Fsp3) is 0.0800. The van der Waals surface area contributed by atoms with Gasteiger partial charge in [0.25, 0.3) is 0 Å². The minimum atomic E-state index is 0.408. The molecule has 8 heteroatoms. The molecule has 4 aromatic rings. The first-order chi connectivity index (χ1) is 16.1. The summed E-state index contributed by atoms with van der Waals surface area (Å²) in [6.07, 6.45) is 5.64. The predicted molar refractivity (Wildman–Crippen MR) is 129 cm³/mol. The van der Waals surface area contributed by atoms with Gasteiger partial charge in [0.05, 0.1) is 17.8 Å². The number of aromatic nitrogens is 3. The highest BCUT2D eigenvalue weighted by molar-refractivity contribution is 6.30. The van der Waals surface area contributed by atoms with Crippen molar-refractivity contribution in [2.45, 2.75) is 6.92 Å². The average Bonchev–Trinajstić information content (AvgIpc) is 2.86. The second-order valence-corrected chi connectivity index (χ2v) is 7.30. The Balaban J connectivity index is 0.000000286. The van der Waals surface area contributed by atoms with Crippen molar-refractivity contribution < 1.29 is 4.79 Å². The van der Waals surface area contributed by atoms with Gasteiger partial charge in [-0.3, -0.25) is 9.78 Å². The van der Waals surface area contributed by atoms with Crippen LogP contribution >= 0.6 is 11.6 Å². The van der Waals surface area contributed by atoms with Crippen LogP contribution in [0.1, 0.15) is 11.1 Å². The van der Waals surface area contributed by atoms with E-state index in [1.165, 1.54) is 10.2 Å². The van der Waals surface area contributed by atoms with Crippen LogP contribution < -0.4 is 10.9 Å². The van der Waals surface area contributed by atoms with Crippen molar-refractivity contribution in [3.05, 3.63) is 101 Å². The molecule has 164 valence electrons. The third-order valence-electron chi connectivity index (χ3n) is 4.64. The highest BCUT2D eigenvalue weighted by Gasteiger charge is 2.14. The summed E-state index contributed by atoms with van der Waals surface area (Å²) < 4.78 is 1.19. The lowest BCUT2D eigenvalue weighted by Gasteiger charge is -2.12. The van der Waals surface area contributed by atoms with E-state index in [-0.39, 0.29) is 0 Å². The molecular formula is C25H21ClN6O. The zero-order chi connectivity index (χ0) is 23.6. The Kier molecular flexibility index (Phi) is 8.06. The fourth-order valence-electron chi connectivity index (χ4n) is 3.04. The molecule has 2 heterocycles. The van der Waals surface area contributed by atoms with Gasteiger partial charge in [-0.1, -0.05) is 41.4 Å². The molecule has 0 radical (unpaired) electrons. The van der Waals surface area contributed by atoms with Gasteiger partial charge in [-0.25, -0.2) is 0 Å². The van der Waals surface area contributed by atoms with Gasteiger partial charge in [0.1, 0.15) is 0 Å². The number of nitrogens with zero attached hydrogens (tertiary/aromatic N) is 5. The van der Waals surface area contributed by atoms with Gasteiger partial charge in [-0.05, 0) is 54.4 Å². The Labute approximate surface area is 196 Å². The van der Waals surface area contributed by atoms with E-state index in [1.54, 1.807) is 25.6 Å². The molecule has 0 atom stereocenters. The zero-order valence-corrected chi connectivity index (χ0v) is 18.9. The monoisotopic (exact) mass is 456 g/mol. The SMILES string of the molecule is CN/N=c1/c(-c2ccncc2)c(-c2ccc(Cl)cc2)cnn1C=O.Cc1ccc(C#N)cc1. The first-order valence-electron chi connectivity index (χ1n) is 9.98. The lowest BCUT2D eigenvalue weighted by molar-refractivity contribution is 0.534. The largest absolute Gasteiger partial charge is 0.311 e. The molecule has 2 aromatic heterocycles. The summed E-state index contributed by atoms with van der Waals surface area (Å²) >= 11 is 5.98. The first-order valence-corrected chi connectivity index (χ1v) is 10.4. The lowest BCUT2D eigenvalue weighted by Crippen LogP contribution is -2.28. The van der Waals surface area contributed by atoms with Crippen molar-refractivity contribution >= 4 is 18.0 Å². The van der Waals surface area contributed by atoms with Crippen molar-refractivity contribution in [1.29, 1.82) is 5.26 Å². The molecule has 0 aliphatic carbocycles. The number of nitriles is 1. The predicted octanol–water partition coefficient (Wildman–Crippen LogP) is 4.21. The zero-order valence-electron chi connectivity index (χ0n) is 18.1. The van der Waals surface area contributed by atoms with E-state index in [4.69, 9.17) is 16.9 Å². The summed E-state index contributed by atoms with van der Waals surface area (Å²) in [5.74, 6) is 0. The average molecular weight is 457 g/mol. The summed E-state index contributed by atoms with van der Waals surface area (Å²) in [6.45, 7) is 2.00. The van der Waals surface area contributed by atoms with Crippen molar-refractivity contribution in [1.82, 2.24) is 20.2 Å². The third-order valence-corrected chi connectivity index (χ3v) is 4.90. The molecule has 1 N–H and O–H groups in total. The lowest BCUT2D eigenvalue weighted by atomic mass is 9.98. The number of carbonyl (C=O) groups is 1. The van der Waals surface area contributed by atoms with E-state index in [0.717, 1.165) is 27.8 Å². The van der Waals surface area contributed by atoms with Crippen molar-refractivity contribution in [3.8, 4) is 28.3 Å². The first kappa shape index (κ1) is 23.4. The summed E-state index contributed by atoms with van der Waals surface area (Å²) in [4.78, 5) is 15.4. The van der Waals surface area contributed by atoms with E-state index < -0.39 is 0 Å². The molecule has 0 spiro atoms. The van der Waals surface area contributed by atoms with Crippen LogP contribution in [-0.4, -0.2) is 28.2 Å². The Hall–Kier alpha value is -4.28. The van der Waals surface area contributed by atoms with Crippen LogP contribution in [0.5, 0.6) is 0 Å². The molecule has 0 aliphatic rings. The van der Waals surface area contributed by atoms with Gasteiger partial charge >= 0.3 is 0 Å². The fourth-order valence-corrected chi connectivity index (χ4v) is 3.17. The maximum absolute atomic E-state index is 11.4. The summed E-state index contributed by atoms with van der Waals surface area (Å²) in [7, 11) is 1.67. The minimum absolute atomic E-state index is 0.408. The quantitative estimate of drug-likeness (QED) is 0.366. The van der Waals surface area contributed by atoms with Gasteiger partial charge in [0, 0.05) is 35.6 Å². The molecule has 7 nitrogen and oxygen atoms in total. The van der Waals surface area contributed by atoms with E-state index in [9.17, 15) is 4.79 Å². The molecule has 4 rings (SSSR count). The van der Waals surface area contributed by atoms with E-state index in [1.807, 2.05) is 67.6 Å². The number of nitrogens with one attached hydrogen (secondary N) is 1. The minimum Gasteiger partial charge on any atom is -0.311 e. The summed E-state index contributed by atoms with van der Waals surface area (Å²) in [5.41, 5.74) is 8.45. The maximum Gasteiger partial charge on any atom is 0.236 e. The van der Waals surface area contributed by atoms with Crippen molar-refractivity contribution in [2.75, 3.05) is 7.05 Å². The van der Waals surface area contributed by atoms with Crippen LogP contribution in [0.2, 0.25) is 5.02 Å². The Bertz CT molecular complexity index is 1320. The van der Waals surface area contributed by atoms with Gasteiger partial charge < -0.3 is 5.43 Å². The van der Waals surface area contributed by atoms with Gasteiger partial charge in [-0.15, -0.1) is 0 Å². The van der Waals surface area contributed by atoms with Gasteiger partial charge in [-0.2, -0.15) is 20.1 Å². The molecule has 0 bridgehead atoms. The number of halogens is 1. The molecule has 0 fully saturated rings. The molecule has 2 aromatic carbocycles. The van der Waals surface area contributed by atoms with Crippen LogP contribution in [-0.2, 0) is 4.79 Å². The Morgan fingerprint density at radius 3 is 2.27 bits per heavy atom. The summed E-state index contributed by atoms with van der Waals surface area (Å²) in [6, 6.07) is 20.7. The van der Waals surface area contributed by atoms with Crippen molar-refractivity contribution in [2.24, 2.45) is 5.10 Å². The van der Waals surface area contributed by atoms with Crippen LogP contribution in [0.25, 0.3) is 22.3 Å². The van der Waals surface area contributed by atoms with Crippen LogP contribution in [0.3, 0.4) is 0 Å². The number of hydrogen-bond acceptors (Lipinski definition) is 6. The van der Waals surface area contributed by atoms with Crippen LogP contribution in [0, 0.1) is 18.3 Å². The molecule has 0 unspecified atom stereocenters. The number of aryl methyl sites for hydroxylation is 1. The van der Waals surface area contributed by atoms with Crippen LogP contribution in [0.4, 0.5) is 0 Å². The highest BCUT2D eigenvalue weighted by atomic mass is 35.5. The normalized spacial score (nSPS) is 10.5. The third kappa shape index (κ3) is 5.91. The number of carbonyl (C=O) groups excluding carboxylic acids is 1.